The number of H-pyrrole nitrogens is 1. The van der Waals surface area contributed by atoms with Crippen LogP contribution in [0.4, 0.5) is 10.3 Å². The fraction of sp³-hybridized carbons (Fsp3) is 0.381. The van der Waals surface area contributed by atoms with E-state index in [1.807, 2.05) is 6.92 Å². The van der Waals surface area contributed by atoms with Crippen LogP contribution in [-0.4, -0.2) is 48.1 Å². The molecule has 5 rings (SSSR count). The number of aromatic nitrogens is 5. The van der Waals surface area contributed by atoms with Gasteiger partial charge < -0.3 is 20.1 Å². The van der Waals surface area contributed by atoms with Gasteiger partial charge in [-0.05, 0) is 44.7 Å². The standard InChI is InChI=1S/C21H23FN6O2/c1-21(29)7-5-13(6-8-21)25-20-26-18-17(19(27-20)30-2)14(9-24-18)12-3-4-16-23-10-15(22)28(16)11-12/h3-4,9-11,13,29H,5-8H2,1-2H3,(H2,24,25,26,27)/i2D3. The molecule has 0 amide bonds. The van der Waals surface area contributed by atoms with Crippen LogP contribution in [0.2, 0.25) is 0 Å². The van der Waals surface area contributed by atoms with Crippen molar-refractivity contribution in [2.75, 3.05) is 12.4 Å². The van der Waals surface area contributed by atoms with E-state index >= 15 is 0 Å². The molecule has 0 bridgehead atoms. The van der Waals surface area contributed by atoms with Crippen molar-refractivity contribution in [2.24, 2.45) is 0 Å². The topological polar surface area (TPSA) is 100 Å². The molecular formula is C21H23FN6O2. The summed E-state index contributed by atoms with van der Waals surface area (Å²) >= 11 is 0. The van der Waals surface area contributed by atoms with Gasteiger partial charge in [0, 0.05) is 29.6 Å². The van der Waals surface area contributed by atoms with Gasteiger partial charge in [-0.2, -0.15) is 14.4 Å². The summed E-state index contributed by atoms with van der Waals surface area (Å²) in [5.41, 5.74) is 1.34. The highest BCUT2D eigenvalue weighted by Crippen LogP contribution is 2.35. The summed E-state index contributed by atoms with van der Waals surface area (Å²) in [7, 11) is -2.73. The minimum absolute atomic E-state index is 0.0457. The van der Waals surface area contributed by atoms with Crippen molar-refractivity contribution in [1.82, 2.24) is 24.3 Å². The minimum Gasteiger partial charge on any atom is -0.480 e. The van der Waals surface area contributed by atoms with Crippen molar-refractivity contribution in [2.45, 2.75) is 44.2 Å². The number of methoxy groups -OCH3 is 1. The number of halogens is 1. The molecule has 4 aromatic rings. The highest BCUT2D eigenvalue weighted by atomic mass is 19.1. The van der Waals surface area contributed by atoms with Crippen molar-refractivity contribution in [3.05, 3.63) is 36.7 Å². The summed E-state index contributed by atoms with van der Waals surface area (Å²) in [5.74, 6) is -0.384. The summed E-state index contributed by atoms with van der Waals surface area (Å²) in [6.45, 7) is 1.82. The smallest absolute Gasteiger partial charge is 0.228 e. The number of pyridine rings is 1. The Balaban J connectivity index is 1.55. The first-order chi connectivity index (χ1) is 15.6. The second kappa shape index (κ2) is 6.94. The molecule has 1 saturated carbocycles. The molecule has 1 fully saturated rings. The number of nitrogens with one attached hydrogen (secondary N) is 2. The lowest BCUT2D eigenvalue weighted by Gasteiger charge is -2.33. The molecule has 4 aromatic heterocycles. The van der Waals surface area contributed by atoms with Gasteiger partial charge in [0.25, 0.3) is 0 Å². The van der Waals surface area contributed by atoms with Crippen LogP contribution in [0, 0.1) is 5.95 Å². The fourth-order valence-corrected chi connectivity index (χ4v) is 4.04. The minimum atomic E-state index is -2.73. The summed E-state index contributed by atoms with van der Waals surface area (Å²) in [6.07, 6.45) is 7.11. The lowest BCUT2D eigenvalue weighted by atomic mass is 9.84. The third-order valence-corrected chi connectivity index (χ3v) is 5.76. The Labute approximate surface area is 176 Å². The summed E-state index contributed by atoms with van der Waals surface area (Å²) in [6, 6.07) is 3.46. The Hall–Kier alpha value is -3.20. The maximum Gasteiger partial charge on any atom is 0.228 e. The van der Waals surface area contributed by atoms with E-state index < -0.39 is 18.6 Å². The van der Waals surface area contributed by atoms with Crippen molar-refractivity contribution >= 4 is 22.6 Å². The zero-order valence-corrected chi connectivity index (χ0v) is 16.3. The maximum absolute atomic E-state index is 14.1. The van der Waals surface area contributed by atoms with E-state index in [0.29, 0.717) is 40.6 Å². The largest absolute Gasteiger partial charge is 0.480 e. The molecule has 0 atom stereocenters. The summed E-state index contributed by atoms with van der Waals surface area (Å²) < 4.78 is 43.4. The van der Waals surface area contributed by atoms with Gasteiger partial charge >= 0.3 is 0 Å². The average molecular weight is 413 g/mol. The van der Waals surface area contributed by atoms with E-state index in [9.17, 15) is 9.50 Å². The van der Waals surface area contributed by atoms with Crippen molar-refractivity contribution in [1.29, 1.82) is 0 Å². The lowest BCUT2D eigenvalue weighted by molar-refractivity contribution is 0.0195. The molecule has 156 valence electrons. The quantitative estimate of drug-likeness (QED) is 0.473. The predicted molar refractivity (Wildman–Crippen MR) is 111 cm³/mol. The second-order valence-electron chi connectivity index (χ2n) is 8.02. The van der Waals surface area contributed by atoms with Crippen LogP contribution in [0.25, 0.3) is 27.8 Å². The van der Waals surface area contributed by atoms with Crippen LogP contribution in [0.1, 0.15) is 36.7 Å². The van der Waals surface area contributed by atoms with E-state index in [4.69, 9.17) is 8.85 Å². The summed E-state index contributed by atoms with van der Waals surface area (Å²) in [4.78, 5) is 15.9. The monoisotopic (exact) mass is 413 g/mol. The predicted octanol–water partition coefficient (Wildman–Crippen LogP) is 3.53. The molecule has 8 nitrogen and oxygen atoms in total. The summed E-state index contributed by atoms with van der Waals surface area (Å²) in [5, 5.41) is 13.8. The lowest BCUT2D eigenvalue weighted by Crippen LogP contribution is -2.36. The Bertz CT molecular complexity index is 1320. The SMILES string of the molecule is [2H]C([2H])([2H])Oc1nc(NC2CCC(C)(O)CC2)nc2[nH]cc(-c3ccc4ncc(F)n4c3)c12. The molecule has 9 heteroatoms. The molecule has 0 spiro atoms. The zero-order chi connectivity index (χ0) is 23.4. The number of aliphatic hydroxyl groups is 1. The van der Waals surface area contributed by atoms with Gasteiger partial charge in [0.05, 0.1) is 28.3 Å². The van der Waals surface area contributed by atoms with E-state index in [1.165, 1.54) is 4.40 Å². The Kier molecular flexibility index (Phi) is 3.61. The highest BCUT2D eigenvalue weighted by Gasteiger charge is 2.29. The van der Waals surface area contributed by atoms with Gasteiger partial charge in [-0.3, -0.25) is 4.40 Å². The van der Waals surface area contributed by atoms with Gasteiger partial charge in [-0.1, -0.05) is 0 Å². The maximum atomic E-state index is 14.1. The van der Waals surface area contributed by atoms with Crippen LogP contribution < -0.4 is 10.1 Å². The molecule has 4 heterocycles. The van der Waals surface area contributed by atoms with Crippen LogP contribution >= 0.6 is 0 Å². The average Bonchev–Trinajstić information content (AvgIpc) is 3.32. The van der Waals surface area contributed by atoms with Crippen LogP contribution in [0.3, 0.4) is 0 Å². The fourth-order valence-electron chi connectivity index (χ4n) is 4.04. The number of nitrogens with zero attached hydrogens (tertiary/aromatic N) is 4. The van der Waals surface area contributed by atoms with E-state index in [2.05, 4.69) is 25.3 Å². The number of ether oxygens (including phenoxy) is 1. The number of fused-ring (bicyclic) bond motifs is 2. The number of hydrogen-bond acceptors (Lipinski definition) is 6. The molecule has 1 aliphatic carbocycles. The van der Waals surface area contributed by atoms with Gasteiger partial charge in [-0.25, -0.2) is 4.98 Å². The number of imidazole rings is 1. The number of rotatable bonds is 4. The number of hydrogen-bond donors (Lipinski definition) is 3. The molecular weight excluding hydrogens is 387 g/mol. The number of aromatic amines is 1. The zero-order valence-electron chi connectivity index (χ0n) is 19.3. The van der Waals surface area contributed by atoms with Crippen LogP contribution in [0.5, 0.6) is 5.88 Å². The molecule has 1 aliphatic rings. The second-order valence-corrected chi connectivity index (χ2v) is 8.02. The molecule has 3 N–H and O–H groups in total. The Morgan fingerprint density at radius 3 is 3.00 bits per heavy atom. The first kappa shape index (κ1) is 15.6. The van der Waals surface area contributed by atoms with Gasteiger partial charge in [0.2, 0.25) is 17.8 Å². The van der Waals surface area contributed by atoms with Gasteiger partial charge in [0.15, 0.2) is 0 Å². The first-order valence-corrected chi connectivity index (χ1v) is 9.78. The van der Waals surface area contributed by atoms with Crippen LogP contribution in [0.15, 0.2) is 30.7 Å². The van der Waals surface area contributed by atoms with Gasteiger partial charge in [0.1, 0.15) is 11.3 Å². The van der Waals surface area contributed by atoms with Crippen molar-refractivity contribution < 1.29 is 18.3 Å². The highest BCUT2D eigenvalue weighted by molar-refractivity contribution is 5.97. The molecule has 0 aromatic carbocycles. The van der Waals surface area contributed by atoms with Crippen molar-refractivity contribution in [3.8, 4) is 17.0 Å². The normalized spacial score (nSPS) is 23.8. The third kappa shape index (κ3) is 3.24. The molecule has 0 radical (unpaired) electrons. The van der Waals surface area contributed by atoms with Gasteiger partial charge in [-0.15, -0.1) is 0 Å². The number of anilines is 1. The van der Waals surface area contributed by atoms with E-state index in [1.54, 1.807) is 24.5 Å². The molecule has 0 saturated heterocycles. The van der Waals surface area contributed by atoms with Crippen LogP contribution in [-0.2, 0) is 0 Å². The molecule has 0 aliphatic heterocycles. The third-order valence-electron chi connectivity index (χ3n) is 5.76. The Morgan fingerprint density at radius 1 is 1.37 bits per heavy atom. The van der Waals surface area contributed by atoms with E-state index in [-0.39, 0.29) is 17.9 Å². The van der Waals surface area contributed by atoms with Crippen molar-refractivity contribution in [3.63, 3.8) is 0 Å². The Morgan fingerprint density at radius 2 is 2.20 bits per heavy atom. The molecule has 30 heavy (non-hydrogen) atoms. The molecule has 0 unspecified atom stereocenters. The van der Waals surface area contributed by atoms with E-state index in [0.717, 1.165) is 19.0 Å². The first-order valence-electron chi connectivity index (χ1n) is 11.3.